The molecule has 0 aliphatic heterocycles. The summed E-state index contributed by atoms with van der Waals surface area (Å²) in [6.45, 7) is 2.17. The number of thiophene rings is 1. The predicted octanol–water partition coefficient (Wildman–Crippen LogP) is 4.13. The molecule has 3 heteroatoms. The number of rotatable bonds is 3. The van der Waals surface area contributed by atoms with Crippen molar-refractivity contribution in [1.29, 1.82) is 0 Å². The molecule has 1 heterocycles. The van der Waals surface area contributed by atoms with Crippen LogP contribution in [0.5, 0.6) is 0 Å². The number of aryl methyl sites for hydroxylation is 1. The zero-order valence-corrected chi connectivity index (χ0v) is 11.7. The lowest BCUT2D eigenvalue weighted by Gasteiger charge is -2.17. The van der Waals surface area contributed by atoms with Crippen molar-refractivity contribution in [3.63, 3.8) is 0 Å². The van der Waals surface area contributed by atoms with E-state index in [9.17, 15) is 0 Å². The summed E-state index contributed by atoms with van der Waals surface area (Å²) in [4.78, 5) is 1.37. The molecule has 2 rings (SSSR count). The van der Waals surface area contributed by atoms with Crippen molar-refractivity contribution in [3.05, 3.63) is 56.2 Å². The molecule has 0 bridgehead atoms. The highest BCUT2D eigenvalue weighted by Crippen LogP contribution is 2.29. The van der Waals surface area contributed by atoms with Crippen molar-refractivity contribution in [2.24, 2.45) is 0 Å². The molecule has 0 aliphatic carbocycles. The van der Waals surface area contributed by atoms with Crippen LogP contribution in [0.1, 0.15) is 22.0 Å². The van der Waals surface area contributed by atoms with Crippen LogP contribution in [-0.2, 0) is 0 Å². The molecule has 84 valence electrons. The molecule has 0 spiro atoms. The summed E-state index contributed by atoms with van der Waals surface area (Å²) in [5.41, 5.74) is 2.66. The molecule has 0 saturated carbocycles. The Labute approximate surface area is 109 Å². The maximum absolute atomic E-state index is 3.52. The zero-order valence-electron chi connectivity index (χ0n) is 9.33. The summed E-state index contributed by atoms with van der Waals surface area (Å²) >= 11 is 5.31. The molecule has 0 amide bonds. The zero-order chi connectivity index (χ0) is 11.5. The lowest BCUT2D eigenvalue weighted by Crippen LogP contribution is -2.17. The second-order valence-corrected chi connectivity index (χ2v) is 5.74. The first-order valence-electron chi connectivity index (χ1n) is 5.19. The van der Waals surface area contributed by atoms with Crippen LogP contribution in [-0.4, -0.2) is 7.05 Å². The number of hydrogen-bond acceptors (Lipinski definition) is 2. The monoisotopic (exact) mass is 295 g/mol. The highest BCUT2D eigenvalue weighted by molar-refractivity contribution is 9.10. The number of hydrogen-bond donors (Lipinski definition) is 1. The second-order valence-electron chi connectivity index (χ2n) is 3.71. The Morgan fingerprint density at radius 3 is 2.69 bits per heavy atom. The van der Waals surface area contributed by atoms with E-state index in [1.54, 1.807) is 11.3 Å². The Balaban J connectivity index is 2.40. The highest BCUT2D eigenvalue weighted by Gasteiger charge is 2.14. The lowest BCUT2D eigenvalue weighted by atomic mass is 10.00. The van der Waals surface area contributed by atoms with Gasteiger partial charge in [0, 0.05) is 9.35 Å². The minimum atomic E-state index is 0.281. The van der Waals surface area contributed by atoms with Crippen LogP contribution in [0.4, 0.5) is 0 Å². The van der Waals surface area contributed by atoms with Crippen LogP contribution in [0.25, 0.3) is 0 Å². The summed E-state index contributed by atoms with van der Waals surface area (Å²) in [5, 5.41) is 5.52. The molecule has 1 aromatic heterocycles. The van der Waals surface area contributed by atoms with Gasteiger partial charge in [-0.25, -0.2) is 0 Å². The van der Waals surface area contributed by atoms with E-state index in [2.05, 4.69) is 63.9 Å². The van der Waals surface area contributed by atoms with E-state index in [1.807, 2.05) is 7.05 Å². The molecule has 1 N–H and O–H groups in total. The number of benzene rings is 1. The van der Waals surface area contributed by atoms with E-state index in [1.165, 1.54) is 16.0 Å². The summed E-state index contributed by atoms with van der Waals surface area (Å²) < 4.78 is 1.12. The maximum Gasteiger partial charge on any atom is 0.0585 e. The largest absolute Gasteiger partial charge is 0.309 e. The molecule has 1 aromatic carbocycles. The van der Waals surface area contributed by atoms with E-state index in [-0.39, 0.29) is 6.04 Å². The van der Waals surface area contributed by atoms with Crippen LogP contribution in [0.15, 0.2) is 40.2 Å². The van der Waals surface area contributed by atoms with Crippen LogP contribution < -0.4 is 5.32 Å². The molecule has 1 atom stereocenters. The molecule has 0 saturated heterocycles. The molecular weight excluding hydrogens is 282 g/mol. The van der Waals surface area contributed by atoms with Gasteiger partial charge in [0.15, 0.2) is 0 Å². The average Bonchev–Trinajstić information content (AvgIpc) is 2.67. The Kier molecular flexibility index (Phi) is 3.79. The minimum Gasteiger partial charge on any atom is -0.309 e. The summed E-state index contributed by atoms with van der Waals surface area (Å²) in [6, 6.07) is 10.9. The smallest absolute Gasteiger partial charge is 0.0585 e. The van der Waals surface area contributed by atoms with E-state index in [0.29, 0.717) is 0 Å². The van der Waals surface area contributed by atoms with E-state index < -0.39 is 0 Å². The van der Waals surface area contributed by atoms with Crippen LogP contribution in [0.2, 0.25) is 0 Å². The molecule has 0 aliphatic rings. The highest BCUT2D eigenvalue weighted by atomic mass is 79.9. The molecule has 0 fully saturated rings. The third kappa shape index (κ3) is 2.37. The number of nitrogens with one attached hydrogen (secondary N) is 1. The normalized spacial score (nSPS) is 12.7. The Hall–Kier alpha value is -0.640. The van der Waals surface area contributed by atoms with Gasteiger partial charge in [0.2, 0.25) is 0 Å². The molecule has 0 radical (unpaired) electrons. The second kappa shape index (κ2) is 5.13. The molecular formula is C13H14BrNS. The van der Waals surface area contributed by atoms with Crippen molar-refractivity contribution < 1.29 is 0 Å². The first kappa shape index (κ1) is 11.8. The molecule has 16 heavy (non-hydrogen) atoms. The average molecular weight is 296 g/mol. The fraction of sp³-hybridized carbons (Fsp3) is 0.231. The van der Waals surface area contributed by atoms with E-state index >= 15 is 0 Å². The quantitative estimate of drug-likeness (QED) is 0.898. The fourth-order valence-corrected chi connectivity index (χ4v) is 3.04. The van der Waals surface area contributed by atoms with Crippen LogP contribution in [0.3, 0.4) is 0 Å². The van der Waals surface area contributed by atoms with Gasteiger partial charge in [-0.2, -0.15) is 0 Å². The lowest BCUT2D eigenvalue weighted by molar-refractivity contribution is 0.690. The van der Waals surface area contributed by atoms with E-state index in [0.717, 1.165) is 4.47 Å². The Morgan fingerprint density at radius 1 is 1.31 bits per heavy atom. The Morgan fingerprint density at radius 2 is 2.12 bits per heavy atom. The van der Waals surface area contributed by atoms with Gasteiger partial charge in [-0.05, 0) is 48.7 Å². The molecule has 2 aromatic rings. The van der Waals surface area contributed by atoms with Gasteiger partial charge in [0.1, 0.15) is 0 Å². The van der Waals surface area contributed by atoms with Crippen molar-refractivity contribution in [3.8, 4) is 0 Å². The van der Waals surface area contributed by atoms with Crippen LogP contribution >= 0.6 is 27.3 Å². The van der Waals surface area contributed by atoms with Gasteiger partial charge in [-0.3, -0.25) is 0 Å². The van der Waals surface area contributed by atoms with Crippen molar-refractivity contribution >= 4 is 27.3 Å². The number of halogens is 1. The predicted molar refractivity (Wildman–Crippen MR) is 74.1 cm³/mol. The van der Waals surface area contributed by atoms with E-state index in [4.69, 9.17) is 0 Å². The van der Waals surface area contributed by atoms with Crippen molar-refractivity contribution in [1.82, 2.24) is 5.32 Å². The SMILES string of the molecule is CNC(c1cccc(Br)c1)c1ccsc1C. The minimum absolute atomic E-state index is 0.281. The van der Waals surface area contributed by atoms with Crippen molar-refractivity contribution in [2.75, 3.05) is 7.05 Å². The Bertz CT molecular complexity index is 478. The molecule has 1 nitrogen and oxygen atoms in total. The first-order chi connectivity index (χ1) is 7.72. The van der Waals surface area contributed by atoms with Gasteiger partial charge in [0.05, 0.1) is 6.04 Å². The summed E-state index contributed by atoms with van der Waals surface area (Å²) in [5.74, 6) is 0. The molecule has 1 unspecified atom stereocenters. The summed E-state index contributed by atoms with van der Waals surface area (Å²) in [6.07, 6.45) is 0. The van der Waals surface area contributed by atoms with Gasteiger partial charge < -0.3 is 5.32 Å². The van der Waals surface area contributed by atoms with Gasteiger partial charge in [-0.15, -0.1) is 11.3 Å². The van der Waals surface area contributed by atoms with Gasteiger partial charge in [0.25, 0.3) is 0 Å². The summed E-state index contributed by atoms with van der Waals surface area (Å²) in [7, 11) is 2.00. The third-order valence-electron chi connectivity index (χ3n) is 2.68. The standard InChI is InChI=1S/C13H14BrNS/c1-9-12(6-7-16-9)13(15-2)10-4-3-5-11(14)8-10/h3-8,13,15H,1-2H3. The van der Waals surface area contributed by atoms with Crippen molar-refractivity contribution in [2.45, 2.75) is 13.0 Å². The maximum atomic E-state index is 3.52. The third-order valence-corrected chi connectivity index (χ3v) is 4.04. The first-order valence-corrected chi connectivity index (χ1v) is 6.86. The topological polar surface area (TPSA) is 12.0 Å². The van der Waals surface area contributed by atoms with Gasteiger partial charge in [-0.1, -0.05) is 28.1 Å². The fourth-order valence-electron chi connectivity index (χ4n) is 1.88. The van der Waals surface area contributed by atoms with Crippen LogP contribution in [0, 0.1) is 6.92 Å². The van der Waals surface area contributed by atoms with Gasteiger partial charge >= 0.3 is 0 Å².